The number of anilines is 1. The average Bonchev–Trinajstić information content (AvgIpc) is 2.72. The largest absolute Gasteiger partial charge is 0.497 e. The summed E-state index contributed by atoms with van der Waals surface area (Å²) in [6, 6.07) is 24.6. The Kier molecular flexibility index (Phi) is 6.11. The lowest BCUT2D eigenvalue weighted by Crippen LogP contribution is -2.28. The van der Waals surface area contributed by atoms with E-state index in [0.29, 0.717) is 12.2 Å². The zero-order valence-electron chi connectivity index (χ0n) is 15.0. The van der Waals surface area contributed by atoms with Crippen molar-refractivity contribution in [2.45, 2.75) is 6.54 Å². The summed E-state index contributed by atoms with van der Waals surface area (Å²) in [5, 5.41) is 5.66. The minimum Gasteiger partial charge on any atom is -0.497 e. The molecule has 2 amide bonds. The molecule has 0 saturated carbocycles. The number of hydrogen-bond acceptors (Lipinski definition) is 2. The van der Waals surface area contributed by atoms with Crippen molar-refractivity contribution in [3.05, 3.63) is 95.6 Å². The van der Waals surface area contributed by atoms with Crippen LogP contribution in [0, 0.1) is 11.8 Å². The van der Waals surface area contributed by atoms with Crippen LogP contribution in [-0.2, 0) is 6.54 Å². The molecule has 4 heteroatoms. The molecule has 4 nitrogen and oxygen atoms in total. The maximum Gasteiger partial charge on any atom is 0.319 e. The Hall–Kier alpha value is -3.71. The van der Waals surface area contributed by atoms with Crippen LogP contribution in [0.15, 0.2) is 78.9 Å². The number of ether oxygens (including phenoxy) is 1. The fourth-order valence-electron chi connectivity index (χ4n) is 2.48. The number of methoxy groups -OCH3 is 1. The molecule has 0 fully saturated rings. The first-order valence-corrected chi connectivity index (χ1v) is 8.58. The van der Waals surface area contributed by atoms with Gasteiger partial charge >= 0.3 is 6.03 Å². The van der Waals surface area contributed by atoms with Crippen molar-refractivity contribution in [2.24, 2.45) is 0 Å². The van der Waals surface area contributed by atoms with Crippen LogP contribution in [0.25, 0.3) is 0 Å². The maximum absolute atomic E-state index is 12.1. The first kappa shape index (κ1) is 18.1. The van der Waals surface area contributed by atoms with Gasteiger partial charge in [-0.05, 0) is 48.0 Å². The third-order valence-electron chi connectivity index (χ3n) is 3.83. The van der Waals surface area contributed by atoms with Crippen molar-refractivity contribution < 1.29 is 9.53 Å². The molecule has 0 aliphatic rings. The molecule has 0 spiro atoms. The van der Waals surface area contributed by atoms with Crippen molar-refractivity contribution in [3.8, 4) is 17.6 Å². The topological polar surface area (TPSA) is 50.4 Å². The summed E-state index contributed by atoms with van der Waals surface area (Å²) in [5.41, 5.74) is 3.45. The van der Waals surface area contributed by atoms with Gasteiger partial charge in [0.15, 0.2) is 0 Å². The van der Waals surface area contributed by atoms with Crippen LogP contribution in [0.4, 0.5) is 10.5 Å². The van der Waals surface area contributed by atoms with Gasteiger partial charge in [-0.3, -0.25) is 0 Å². The van der Waals surface area contributed by atoms with E-state index in [4.69, 9.17) is 4.74 Å². The van der Waals surface area contributed by atoms with Crippen LogP contribution in [-0.4, -0.2) is 13.1 Å². The smallest absolute Gasteiger partial charge is 0.319 e. The highest BCUT2D eigenvalue weighted by molar-refractivity contribution is 5.89. The number of urea groups is 1. The van der Waals surface area contributed by atoms with E-state index in [0.717, 1.165) is 22.4 Å². The van der Waals surface area contributed by atoms with Crippen LogP contribution in [0.3, 0.4) is 0 Å². The predicted octanol–water partition coefficient (Wildman–Crippen LogP) is 4.42. The third kappa shape index (κ3) is 5.65. The Balaban J connectivity index is 1.59. The van der Waals surface area contributed by atoms with Crippen molar-refractivity contribution in [2.75, 3.05) is 12.4 Å². The van der Waals surface area contributed by atoms with Gasteiger partial charge in [-0.1, -0.05) is 48.2 Å². The summed E-state index contributed by atoms with van der Waals surface area (Å²) in [7, 11) is 1.62. The zero-order chi connectivity index (χ0) is 18.9. The molecule has 3 rings (SSSR count). The molecule has 0 saturated heterocycles. The summed E-state index contributed by atoms with van der Waals surface area (Å²) in [4.78, 5) is 12.1. The highest BCUT2D eigenvalue weighted by atomic mass is 16.5. The highest BCUT2D eigenvalue weighted by Gasteiger charge is 2.03. The molecule has 3 aromatic rings. The second-order valence-corrected chi connectivity index (χ2v) is 5.86. The lowest BCUT2D eigenvalue weighted by atomic mass is 10.1. The van der Waals surface area contributed by atoms with Gasteiger partial charge in [0, 0.05) is 23.4 Å². The van der Waals surface area contributed by atoms with E-state index in [1.54, 1.807) is 7.11 Å². The van der Waals surface area contributed by atoms with E-state index in [-0.39, 0.29) is 6.03 Å². The third-order valence-corrected chi connectivity index (χ3v) is 3.83. The summed E-state index contributed by atoms with van der Waals surface area (Å²) in [5.74, 6) is 6.98. The fourth-order valence-corrected chi connectivity index (χ4v) is 2.48. The van der Waals surface area contributed by atoms with E-state index in [1.807, 2.05) is 78.9 Å². The molecule has 0 aromatic heterocycles. The SMILES string of the molecule is COc1cccc(CNC(=O)Nc2cccc(C#Cc3ccccc3)c2)c1. The van der Waals surface area contributed by atoms with Crippen molar-refractivity contribution >= 4 is 11.7 Å². The fraction of sp³-hybridized carbons (Fsp3) is 0.0870. The van der Waals surface area contributed by atoms with E-state index >= 15 is 0 Å². The Morgan fingerprint density at radius 2 is 1.63 bits per heavy atom. The average molecular weight is 356 g/mol. The first-order valence-electron chi connectivity index (χ1n) is 8.58. The number of benzene rings is 3. The van der Waals surface area contributed by atoms with Gasteiger partial charge < -0.3 is 15.4 Å². The summed E-state index contributed by atoms with van der Waals surface area (Å²) < 4.78 is 5.18. The first-order chi connectivity index (χ1) is 13.2. The van der Waals surface area contributed by atoms with Gasteiger partial charge in [-0.25, -0.2) is 4.79 Å². The number of rotatable bonds is 4. The lowest BCUT2D eigenvalue weighted by molar-refractivity contribution is 0.251. The van der Waals surface area contributed by atoms with Crippen molar-refractivity contribution in [3.63, 3.8) is 0 Å². The number of amides is 2. The van der Waals surface area contributed by atoms with Crippen molar-refractivity contribution in [1.82, 2.24) is 5.32 Å². The van der Waals surface area contributed by atoms with Crippen molar-refractivity contribution in [1.29, 1.82) is 0 Å². The quantitative estimate of drug-likeness (QED) is 0.680. The Morgan fingerprint density at radius 3 is 2.44 bits per heavy atom. The second kappa shape index (κ2) is 9.12. The Labute approximate surface area is 159 Å². The molecule has 0 aliphatic carbocycles. The van der Waals surface area contributed by atoms with E-state index in [9.17, 15) is 4.79 Å². The van der Waals surface area contributed by atoms with Gasteiger partial charge in [0.25, 0.3) is 0 Å². The molecule has 3 aromatic carbocycles. The van der Waals surface area contributed by atoms with Crippen LogP contribution >= 0.6 is 0 Å². The minimum absolute atomic E-state index is 0.272. The van der Waals surface area contributed by atoms with Gasteiger partial charge in [0.05, 0.1) is 7.11 Å². The van der Waals surface area contributed by atoms with Crippen LogP contribution < -0.4 is 15.4 Å². The molecule has 0 unspecified atom stereocenters. The molecule has 0 aliphatic heterocycles. The number of hydrogen-bond donors (Lipinski definition) is 2. The normalized spacial score (nSPS) is 9.67. The van der Waals surface area contributed by atoms with Gasteiger partial charge in [0.1, 0.15) is 5.75 Å². The summed E-state index contributed by atoms with van der Waals surface area (Å²) in [6.45, 7) is 0.413. The molecular weight excluding hydrogens is 336 g/mol. The molecular formula is C23H20N2O2. The van der Waals surface area contributed by atoms with E-state index < -0.39 is 0 Å². The summed E-state index contributed by atoms with van der Waals surface area (Å²) in [6.07, 6.45) is 0. The number of nitrogens with one attached hydrogen (secondary N) is 2. The van der Waals surface area contributed by atoms with Gasteiger partial charge in [-0.2, -0.15) is 0 Å². The monoisotopic (exact) mass is 356 g/mol. The maximum atomic E-state index is 12.1. The highest BCUT2D eigenvalue weighted by Crippen LogP contribution is 2.13. The molecule has 0 heterocycles. The predicted molar refractivity (Wildman–Crippen MR) is 108 cm³/mol. The van der Waals surface area contributed by atoms with E-state index in [2.05, 4.69) is 22.5 Å². The Morgan fingerprint density at radius 1 is 0.889 bits per heavy atom. The molecule has 0 bridgehead atoms. The summed E-state index contributed by atoms with van der Waals surface area (Å²) >= 11 is 0. The molecule has 134 valence electrons. The second-order valence-electron chi connectivity index (χ2n) is 5.86. The van der Waals surface area contributed by atoms with Gasteiger partial charge in [-0.15, -0.1) is 0 Å². The molecule has 0 atom stereocenters. The molecule has 2 N–H and O–H groups in total. The zero-order valence-corrected chi connectivity index (χ0v) is 15.0. The Bertz CT molecular complexity index is 972. The van der Waals surface area contributed by atoms with Crippen LogP contribution in [0.2, 0.25) is 0 Å². The lowest BCUT2D eigenvalue weighted by Gasteiger charge is -2.09. The van der Waals surface area contributed by atoms with Crippen LogP contribution in [0.5, 0.6) is 5.75 Å². The molecule has 27 heavy (non-hydrogen) atoms. The van der Waals surface area contributed by atoms with Gasteiger partial charge in [0.2, 0.25) is 0 Å². The number of carbonyl (C=O) groups excluding carboxylic acids is 1. The minimum atomic E-state index is -0.272. The number of carbonyl (C=O) groups is 1. The standard InChI is InChI=1S/C23H20N2O2/c1-27-22-12-6-10-20(16-22)17-24-23(26)25-21-11-5-9-19(15-21)14-13-18-7-3-2-4-8-18/h2-12,15-16H,17H2,1H3,(H2,24,25,26). The molecule has 0 radical (unpaired) electrons. The van der Waals surface area contributed by atoms with E-state index in [1.165, 1.54) is 0 Å². The van der Waals surface area contributed by atoms with Crippen LogP contribution in [0.1, 0.15) is 16.7 Å².